The van der Waals surface area contributed by atoms with Crippen molar-refractivity contribution in [1.29, 1.82) is 0 Å². The summed E-state index contributed by atoms with van der Waals surface area (Å²) < 4.78 is 25.8. The van der Waals surface area contributed by atoms with Crippen molar-refractivity contribution in [1.82, 2.24) is 10.2 Å². The van der Waals surface area contributed by atoms with E-state index in [0.717, 1.165) is 17.0 Å². The molecule has 0 radical (unpaired) electrons. The molecule has 1 aliphatic rings. The second kappa shape index (κ2) is 6.04. The second-order valence-corrected chi connectivity index (χ2v) is 4.80. The molecule has 0 saturated carbocycles. The summed E-state index contributed by atoms with van der Waals surface area (Å²) in [5.74, 6) is -3.21. The monoisotopic (exact) mass is 300 g/mol. The van der Waals surface area contributed by atoms with Gasteiger partial charge in [-0.15, -0.1) is 0 Å². The molecule has 0 spiro atoms. The number of urea groups is 1. The Balaban J connectivity index is 1.97. The van der Waals surface area contributed by atoms with E-state index < -0.39 is 35.8 Å². The molecule has 0 aromatic heterocycles. The van der Waals surface area contributed by atoms with E-state index in [-0.39, 0.29) is 19.5 Å². The standard InChI is InChI=1S/C13H14F2N2O4/c14-9-2-1-7(3-10(9)15)5-16-13(21)17-6-8(18)4-11(17)12(19)20/h1-3,8,11,18H,4-6H2,(H,16,21)(H,19,20)/t8-,11-/m0/s1. The van der Waals surface area contributed by atoms with Gasteiger partial charge in [0.1, 0.15) is 6.04 Å². The first-order chi connectivity index (χ1) is 9.88. The number of carboxylic acid groups (broad SMARTS) is 1. The Morgan fingerprint density at radius 3 is 2.67 bits per heavy atom. The van der Waals surface area contributed by atoms with E-state index in [1.54, 1.807) is 0 Å². The van der Waals surface area contributed by atoms with Crippen molar-refractivity contribution in [2.75, 3.05) is 6.54 Å². The fourth-order valence-corrected chi connectivity index (χ4v) is 2.20. The number of likely N-dealkylation sites (tertiary alicyclic amines) is 1. The number of nitrogens with zero attached hydrogens (tertiary/aromatic N) is 1. The SMILES string of the molecule is O=C(O)[C@@H]1C[C@H](O)CN1C(=O)NCc1ccc(F)c(F)c1. The lowest BCUT2D eigenvalue weighted by atomic mass is 10.2. The van der Waals surface area contributed by atoms with Crippen LogP contribution in [0.2, 0.25) is 0 Å². The Morgan fingerprint density at radius 1 is 1.33 bits per heavy atom. The maximum absolute atomic E-state index is 13.0. The predicted molar refractivity (Wildman–Crippen MR) is 67.3 cm³/mol. The molecule has 0 unspecified atom stereocenters. The lowest BCUT2D eigenvalue weighted by Gasteiger charge is -2.21. The number of carbonyl (C=O) groups is 2. The Morgan fingerprint density at radius 2 is 2.05 bits per heavy atom. The summed E-state index contributed by atoms with van der Waals surface area (Å²) in [5, 5.41) is 20.8. The summed E-state index contributed by atoms with van der Waals surface area (Å²) in [5.41, 5.74) is 0.342. The third-order valence-corrected chi connectivity index (χ3v) is 3.25. The van der Waals surface area contributed by atoms with Gasteiger partial charge in [0, 0.05) is 19.5 Å². The van der Waals surface area contributed by atoms with E-state index in [4.69, 9.17) is 5.11 Å². The van der Waals surface area contributed by atoms with Crippen LogP contribution in [0.5, 0.6) is 0 Å². The van der Waals surface area contributed by atoms with Crippen molar-refractivity contribution in [3.63, 3.8) is 0 Å². The van der Waals surface area contributed by atoms with E-state index in [2.05, 4.69) is 5.32 Å². The van der Waals surface area contributed by atoms with Gasteiger partial charge in [0.15, 0.2) is 11.6 Å². The van der Waals surface area contributed by atoms with Gasteiger partial charge in [0.25, 0.3) is 0 Å². The molecule has 1 aliphatic heterocycles. The Kier molecular flexibility index (Phi) is 4.37. The number of nitrogens with one attached hydrogen (secondary N) is 1. The first kappa shape index (κ1) is 15.2. The molecule has 1 heterocycles. The van der Waals surface area contributed by atoms with Gasteiger partial charge in [-0.2, -0.15) is 0 Å². The van der Waals surface area contributed by atoms with Gasteiger partial charge in [-0.1, -0.05) is 6.07 Å². The number of β-amino-alcohol motifs (C(OH)–C–C–N with tert-alkyl or cyclic N) is 1. The fourth-order valence-electron chi connectivity index (χ4n) is 2.20. The molecule has 0 bridgehead atoms. The van der Waals surface area contributed by atoms with Gasteiger partial charge < -0.3 is 20.4 Å². The number of hydrogen-bond acceptors (Lipinski definition) is 3. The number of aliphatic hydroxyl groups is 1. The maximum atomic E-state index is 13.0. The molecule has 3 N–H and O–H groups in total. The zero-order valence-electron chi connectivity index (χ0n) is 10.9. The summed E-state index contributed by atoms with van der Waals surface area (Å²) in [7, 11) is 0. The highest BCUT2D eigenvalue weighted by atomic mass is 19.2. The number of amides is 2. The van der Waals surface area contributed by atoms with E-state index >= 15 is 0 Å². The molecule has 6 nitrogen and oxygen atoms in total. The Hall–Kier alpha value is -2.22. The number of halogens is 2. The lowest BCUT2D eigenvalue weighted by molar-refractivity contribution is -0.141. The van der Waals surface area contributed by atoms with E-state index in [1.165, 1.54) is 6.07 Å². The number of carbonyl (C=O) groups excluding carboxylic acids is 1. The van der Waals surface area contributed by atoms with Gasteiger partial charge in [-0.25, -0.2) is 18.4 Å². The molecule has 21 heavy (non-hydrogen) atoms. The predicted octanol–water partition coefficient (Wildman–Crippen LogP) is 0.694. The molecule has 2 amide bonds. The fraction of sp³-hybridized carbons (Fsp3) is 0.385. The third-order valence-electron chi connectivity index (χ3n) is 3.25. The van der Waals surface area contributed by atoms with Crippen LogP contribution in [0.25, 0.3) is 0 Å². The largest absolute Gasteiger partial charge is 0.480 e. The van der Waals surface area contributed by atoms with E-state index in [0.29, 0.717) is 5.56 Å². The normalized spacial score (nSPS) is 21.4. The number of hydrogen-bond donors (Lipinski definition) is 3. The van der Waals surface area contributed by atoms with Gasteiger partial charge >= 0.3 is 12.0 Å². The minimum absolute atomic E-state index is 0.0338. The molecule has 0 aliphatic carbocycles. The molecule has 1 fully saturated rings. The van der Waals surface area contributed by atoms with Crippen molar-refractivity contribution in [3.8, 4) is 0 Å². The van der Waals surface area contributed by atoms with E-state index in [9.17, 15) is 23.5 Å². The van der Waals surface area contributed by atoms with Crippen LogP contribution in [0, 0.1) is 11.6 Å². The van der Waals surface area contributed by atoms with Crippen molar-refractivity contribution in [2.45, 2.75) is 25.1 Å². The van der Waals surface area contributed by atoms with Crippen LogP contribution >= 0.6 is 0 Å². The third kappa shape index (κ3) is 3.46. The quantitative estimate of drug-likeness (QED) is 0.766. The molecule has 1 aromatic rings. The topological polar surface area (TPSA) is 89.9 Å². The van der Waals surface area contributed by atoms with Gasteiger partial charge in [-0.3, -0.25) is 0 Å². The van der Waals surface area contributed by atoms with Gasteiger partial charge in [0.2, 0.25) is 0 Å². The molecule has 114 valence electrons. The van der Waals surface area contributed by atoms with Crippen LogP contribution in [0.3, 0.4) is 0 Å². The zero-order valence-corrected chi connectivity index (χ0v) is 10.9. The van der Waals surface area contributed by atoms with Crippen LogP contribution in [0.1, 0.15) is 12.0 Å². The number of benzene rings is 1. The van der Waals surface area contributed by atoms with Crippen molar-refractivity contribution in [3.05, 3.63) is 35.4 Å². The molecular formula is C13H14F2N2O4. The maximum Gasteiger partial charge on any atom is 0.326 e. The summed E-state index contributed by atoms with van der Waals surface area (Å²) in [4.78, 5) is 23.9. The van der Waals surface area contributed by atoms with Crippen molar-refractivity contribution < 1.29 is 28.6 Å². The molecular weight excluding hydrogens is 286 g/mol. The number of carboxylic acids is 1. The second-order valence-electron chi connectivity index (χ2n) is 4.80. The van der Waals surface area contributed by atoms with E-state index in [1.807, 2.05) is 0 Å². The smallest absolute Gasteiger partial charge is 0.326 e. The van der Waals surface area contributed by atoms with Crippen LogP contribution in [0.15, 0.2) is 18.2 Å². The molecule has 8 heteroatoms. The summed E-state index contributed by atoms with van der Waals surface area (Å²) >= 11 is 0. The summed E-state index contributed by atoms with van der Waals surface area (Å²) in [6, 6.07) is 1.43. The first-order valence-electron chi connectivity index (χ1n) is 6.27. The Bertz CT molecular complexity index is 567. The minimum atomic E-state index is -1.20. The van der Waals surface area contributed by atoms with Crippen LogP contribution < -0.4 is 5.32 Å². The zero-order chi connectivity index (χ0) is 15.6. The summed E-state index contributed by atoms with van der Waals surface area (Å²) in [6.07, 6.45) is -0.923. The van der Waals surface area contributed by atoms with Crippen molar-refractivity contribution >= 4 is 12.0 Å². The van der Waals surface area contributed by atoms with Crippen LogP contribution in [-0.4, -0.2) is 45.8 Å². The van der Waals surface area contributed by atoms with Crippen LogP contribution in [0.4, 0.5) is 13.6 Å². The number of rotatable bonds is 3. The average Bonchev–Trinajstić information content (AvgIpc) is 2.82. The first-order valence-corrected chi connectivity index (χ1v) is 6.27. The molecule has 2 atom stereocenters. The Labute approximate surface area is 119 Å². The number of aliphatic carboxylic acids is 1. The highest BCUT2D eigenvalue weighted by Crippen LogP contribution is 2.18. The highest BCUT2D eigenvalue weighted by Gasteiger charge is 2.38. The molecule has 2 rings (SSSR count). The molecule has 1 saturated heterocycles. The number of aliphatic hydroxyl groups excluding tert-OH is 1. The average molecular weight is 300 g/mol. The van der Waals surface area contributed by atoms with Crippen LogP contribution in [-0.2, 0) is 11.3 Å². The van der Waals surface area contributed by atoms with Gasteiger partial charge in [-0.05, 0) is 17.7 Å². The summed E-state index contributed by atoms with van der Waals surface area (Å²) in [6.45, 7) is -0.157. The lowest BCUT2D eigenvalue weighted by Crippen LogP contribution is -2.45. The minimum Gasteiger partial charge on any atom is -0.480 e. The highest BCUT2D eigenvalue weighted by molar-refractivity contribution is 5.83. The molecule has 1 aromatic carbocycles. The van der Waals surface area contributed by atoms with Crippen molar-refractivity contribution in [2.24, 2.45) is 0 Å². The van der Waals surface area contributed by atoms with Gasteiger partial charge in [0.05, 0.1) is 6.10 Å².